The van der Waals surface area contributed by atoms with Crippen molar-refractivity contribution in [1.82, 2.24) is 15.5 Å². The number of hydrogen-bond acceptors (Lipinski definition) is 11. The second-order valence-electron chi connectivity index (χ2n) is 10.5. The van der Waals surface area contributed by atoms with Gasteiger partial charge < -0.3 is 44.0 Å². The smallest absolute Gasteiger partial charge is 0.255 e. The maximum absolute atomic E-state index is 12.9. The standard InChI is InChI=1S/C30H46N4O9/c35-28-5-4-27(29(36)33-28)34-22-25-24(30(34)37)2-1-3-26(25)32-10-11-38-12-13-39-14-15-40-16-17-41-18-19-42-20-21-43-23-6-8-31-9-7-23/h1-3,23,27,31-32H,4-22H2,(H,33,35,36). The van der Waals surface area contributed by atoms with Crippen molar-refractivity contribution in [2.24, 2.45) is 0 Å². The van der Waals surface area contributed by atoms with Crippen LogP contribution in [0.3, 0.4) is 0 Å². The van der Waals surface area contributed by atoms with Gasteiger partial charge in [-0.3, -0.25) is 19.7 Å². The van der Waals surface area contributed by atoms with Crippen molar-refractivity contribution in [3.05, 3.63) is 29.3 Å². The predicted octanol–water partition coefficient (Wildman–Crippen LogP) is 0.711. The number of hydrogen-bond donors (Lipinski definition) is 3. The lowest BCUT2D eigenvalue weighted by Gasteiger charge is -2.29. The molecule has 3 amide bonds. The van der Waals surface area contributed by atoms with Gasteiger partial charge in [0, 0.05) is 36.3 Å². The van der Waals surface area contributed by atoms with Gasteiger partial charge in [0.1, 0.15) is 6.04 Å². The summed E-state index contributed by atoms with van der Waals surface area (Å²) in [6.45, 7) is 8.63. The zero-order valence-electron chi connectivity index (χ0n) is 24.9. The van der Waals surface area contributed by atoms with Gasteiger partial charge in [0.15, 0.2) is 0 Å². The summed E-state index contributed by atoms with van der Waals surface area (Å²) >= 11 is 0. The summed E-state index contributed by atoms with van der Waals surface area (Å²) in [5.41, 5.74) is 2.27. The van der Waals surface area contributed by atoms with Gasteiger partial charge in [0.25, 0.3) is 5.91 Å². The Bertz CT molecular complexity index is 1020. The van der Waals surface area contributed by atoms with Gasteiger partial charge in [-0.2, -0.15) is 0 Å². The number of carbonyl (C=O) groups excluding carboxylic acids is 3. The maximum Gasteiger partial charge on any atom is 0.255 e. The highest BCUT2D eigenvalue weighted by Gasteiger charge is 2.39. The van der Waals surface area contributed by atoms with Gasteiger partial charge in [-0.05, 0) is 44.5 Å². The van der Waals surface area contributed by atoms with E-state index in [9.17, 15) is 14.4 Å². The van der Waals surface area contributed by atoms with Crippen molar-refractivity contribution >= 4 is 23.4 Å². The number of carbonyl (C=O) groups is 3. The number of benzene rings is 1. The highest BCUT2D eigenvalue weighted by molar-refractivity contribution is 6.06. The zero-order chi connectivity index (χ0) is 30.1. The van der Waals surface area contributed by atoms with Crippen LogP contribution < -0.4 is 16.0 Å². The van der Waals surface area contributed by atoms with Crippen LogP contribution in [0.2, 0.25) is 0 Å². The van der Waals surface area contributed by atoms with E-state index in [2.05, 4.69) is 16.0 Å². The number of nitrogens with one attached hydrogen (secondary N) is 3. The number of rotatable bonds is 21. The lowest BCUT2D eigenvalue weighted by Crippen LogP contribution is -2.52. The Hall–Kier alpha value is -2.65. The van der Waals surface area contributed by atoms with E-state index in [-0.39, 0.29) is 18.2 Å². The molecule has 0 bridgehead atoms. The topological polar surface area (TPSA) is 146 Å². The van der Waals surface area contributed by atoms with Crippen LogP contribution in [-0.4, -0.2) is 127 Å². The minimum absolute atomic E-state index is 0.188. The van der Waals surface area contributed by atoms with Crippen molar-refractivity contribution in [2.45, 2.75) is 44.4 Å². The van der Waals surface area contributed by atoms with Gasteiger partial charge >= 0.3 is 0 Å². The number of anilines is 1. The predicted molar refractivity (Wildman–Crippen MR) is 157 cm³/mol. The number of nitrogens with zero attached hydrogens (tertiary/aromatic N) is 1. The Kier molecular flexibility index (Phi) is 14.6. The van der Waals surface area contributed by atoms with Gasteiger partial charge in [-0.15, -0.1) is 0 Å². The molecule has 0 radical (unpaired) electrons. The molecular weight excluding hydrogens is 560 g/mol. The lowest BCUT2D eigenvalue weighted by molar-refractivity contribution is -0.136. The Morgan fingerprint density at radius 2 is 1.37 bits per heavy atom. The molecule has 3 N–H and O–H groups in total. The number of fused-ring (bicyclic) bond motifs is 1. The Balaban J connectivity index is 0.933. The van der Waals surface area contributed by atoms with Gasteiger partial charge in [0.2, 0.25) is 11.8 Å². The molecule has 1 atom stereocenters. The fourth-order valence-electron chi connectivity index (χ4n) is 5.23. The summed E-state index contributed by atoms with van der Waals surface area (Å²) in [7, 11) is 0. The highest BCUT2D eigenvalue weighted by atomic mass is 16.6. The summed E-state index contributed by atoms with van der Waals surface area (Å²) in [6, 6.07) is 4.87. The van der Waals surface area contributed by atoms with E-state index in [0.717, 1.165) is 37.2 Å². The molecule has 2 fully saturated rings. The van der Waals surface area contributed by atoms with Gasteiger partial charge in [-0.1, -0.05) is 6.07 Å². The normalized spacial score (nSPS) is 19.1. The molecule has 1 unspecified atom stereocenters. The van der Waals surface area contributed by atoms with Crippen LogP contribution in [0.1, 0.15) is 41.6 Å². The van der Waals surface area contributed by atoms with Gasteiger partial charge in [0.05, 0.1) is 78.8 Å². The number of piperidine rings is 2. The molecule has 1 aromatic rings. The first-order valence-corrected chi connectivity index (χ1v) is 15.3. The van der Waals surface area contributed by atoms with E-state index in [1.165, 1.54) is 0 Å². The van der Waals surface area contributed by atoms with E-state index in [0.29, 0.717) is 104 Å². The van der Waals surface area contributed by atoms with E-state index in [1.807, 2.05) is 12.1 Å². The van der Waals surface area contributed by atoms with E-state index < -0.39 is 11.9 Å². The summed E-state index contributed by atoms with van der Waals surface area (Å²) in [6.07, 6.45) is 3.07. The minimum atomic E-state index is -0.627. The van der Waals surface area contributed by atoms with Crippen molar-refractivity contribution in [1.29, 1.82) is 0 Å². The third kappa shape index (κ3) is 11.1. The molecule has 0 saturated carbocycles. The highest BCUT2D eigenvalue weighted by Crippen LogP contribution is 2.32. The van der Waals surface area contributed by atoms with Crippen LogP contribution in [0.5, 0.6) is 0 Å². The van der Waals surface area contributed by atoms with Crippen LogP contribution in [0.4, 0.5) is 5.69 Å². The molecule has 0 aromatic heterocycles. The van der Waals surface area contributed by atoms with Crippen molar-refractivity contribution in [2.75, 3.05) is 97.6 Å². The largest absolute Gasteiger partial charge is 0.382 e. The molecule has 3 aliphatic heterocycles. The molecule has 240 valence electrons. The van der Waals surface area contributed by atoms with Crippen molar-refractivity contribution in [3.63, 3.8) is 0 Å². The SMILES string of the molecule is O=C1CCC(N2Cc3c(NCCOCCOCCOCCOCCOCCOC4CCNCC4)cccc3C2=O)C(=O)N1. The third-order valence-corrected chi connectivity index (χ3v) is 7.50. The second kappa shape index (κ2) is 18.9. The van der Waals surface area contributed by atoms with Crippen LogP contribution in [0, 0.1) is 0 Å². The zero-order valence-corrected chi connectivity index (χ0v) is 24.9. The number of ether oxygens (including phenoxy) is 6. The summed E-state index contributed by atoms with van der Waals surface area (Å²) in [4.78, 5) is 38.2. The molecular formula is C30H46N4O9. The Morgan fingerprint density at radius 1 is 0.767 bits per heavy atom. The molecule has 13 nitrogen and oxygen atoms in total. The van der Waals surface area contributed by atoms with E-state index >= 15 is 0 Å². The second-order valence-corrected chi connectivity index (χ2v) is 10.5. The first-order chi connectivity index (χ1) is 21.1. The number of imide groups is 1. The molecule has 3 aliphatic rings. The van der Waals surface area contributed by atoms with Crippen LogP contribution >= 0.6 is 0 Å². The van der Waals surface area contributed by atoms with E-state index in [4.69, 9.17) is 28.4 Å². The van der Waals surface area contributed by atoms with E-state index in [1.54, 1.807) is 11.0 Å². The fraction of sp³-hybridized carbons (Fsp3) is 0.700. The molecule has 3 heterocycles. The Labute approximate surface area is 253 Å². The third-order valence-electron chi connectivity index (χ3n) is 7.50. The van der Waals surface area contributed by atoms with Crippen molar-refractivity contribution in [3.8, 4) is 0 Å². The minimum Gasteiger partial charge on any atom is -0.382 e. The quantitative estimate of drug-likeness (QED) is 0.134. The van der Waals surface area contributed by atoms with Crippen LogP contribution in [0.15, 0.2) is 18.2 Å². The molecule has 1 aromatic carbocycles. The van der Waals surface area contributed by atoms with Crippen LogP contribution in [0.25, 0.3) is 0 Å². The average molecular weight is 607 g/mol. The molecule has 0 spiro atoms. The fourth-order valence-corrected chi connectivity index (χ4v) is 5.23. The monoisotopic (exact) mass is 606 g/mol. The lowest BCUT2D eigenvalue weighted by atomic mass is 10.0. The molecule has 0 aliphatic carbocycles. The average Bonchev–Trinajstić information content (AvgIpc) is 3.35. The molecule has 13 heteroatoms. The van der Waals surface area contributed by atoms with Crippen molar-refractivity contribution < 1.29 is 42.8 Å². The molecule has 43 heavy (non-hydrogen) atoms. The first-order valence-electron chi connectivity index (χ1n) is 15.3. The van der Waals surface area contributed by atoms with Crippen LogP contribution in [-0.2, 0) is 44.6 Å². The summed E-state index contributed by atoms with van der Waals surface area (Å²) in [5.74, 6) is -0.896. The number of amides is 3. The Morgan fingerprint density at radius 3 is 2.00 bits per heavy atom. The summed E-state index contributed by atoms with van der Waals surface area (Å²) in [5, 5.41) is 8.98. The van der Waals surface area contributed by atoms with Gasteiger partial charge in [-0.25, -0.2) is 0 Å². The molecule has 4 rings (SSSR count). The molecule has 2 saturated heterocycles. The first kappa shape index (κ1) is 33.2. The summed E-state index contributed by atoms with van der Waals surface area (Å²) < 4.78 is 33.5. The maximum atomic E-state index is 12.9.